The lowest BCUT2D eigenvalue weighted by Gasteiger charge is -2.17. The van der Waals surface area contributed by atoms with Gasteiger partial charge in [0.2, 0.25) is 0 Å². The van der Waals surface area contributed by atoms with E-state index >= 15 is 0 Å². The zero-order valence-corrected chi connectivity index (χ0v) is 15.0. The van der Waals surface area contributed by atoms with Crippen molar-refractivity contribution in [2.24, 2.45) is 5.41 Å². The van der Waals surface area contributed by atoms with E-state index in [9.17, 15) is 4.79 Å². The summed E-state index contributed by atoms with van der Waals surface area (Å²) in [6.45, 7) is 12.2. The number of carbonyl (C=O) groups is 1. The molecule has 0 heterocycles. The summed E-state index contributed by atoms with van der Waals surface area (Å²) in [6, 6.07) is 0. The molecule has 0 saturated carbocycles. The lowest BCUT2D eigenvalue weighted by molar-refractivity contribution is -0.138. The van der Waals surface area contributed by atoms with E-state index in [4.69, 9.17) is 9.47 Å². The van der Waals surface area contributed by atoms with E-state index in [2.05, 4.69) is 27.4 Å². The second kappa shape index (κ2) is 13.8. The molecule has 22 heavy (non-hydrogen) atoms. The van der Waals surface area contributed by atoms with Gasteiger partial charge in [-0.1, -0.05) is 65.9 Å². The van der Waals surface area contributed by atoms with Gasteiger partial charge in [0.1, 0.15) is 0 Å². The zero-order chi connectivity index (χ0) is 16.7. The molecular weight excluding hydrogens is 276 g/mol. The van der Waals surface area contributed by atoms with Crippen molar-refractivity contribution in [3.8, 4) is 0 Å². The molecule has 0 aromatic rings. The highest BCUT2D eigenvalue weighted by atomic mass is 16.5. The molecule has 0 fully saturated rings. The molecule has 0 aliphatic rings. The predicted molar refractivity (Wildman–Crippen MR) is 93.0 cm³/mol. The van der Waals surface area contributed by atoms with Crippen LogP contribution >= 0.6 is 0 Å². The van der Waals surface area contributed by atoms with Gasteiger partial charge in [0.05, 0.1) is 6.61 Å². The highest BCUT2D eigenvalue weighted by Crippen LogP contribution is 2.22. The highest BCUT2D eigenvalue weighted by molar-refractivity contribution is 5.81. The first kappa shape index (κ1) is 21.2. The van der Waals surface area contributed by atoms with E-state index in [0.29, 0.717) is 18.6 Å². The van der Waals surface area contributed by atoms with E-state index < -0.39 is 0 Å². The van der Waals surface area contributed by atoms with Gasteiger partial charge in [-0.15, -0.1) is 0 Å². The van der Waals surface area contributed by atoms with Crippen LogP contribution in [-0.4, -0.2) is 25.8 Å². The highest BCUT2D eigenvalue weighted by Gasteiger charge is 2.08. The third-order valence-corrected chi connectivity index (χ3v) is 3.56. The third-order valence-electron chi connectivity index (χ3n) is 3.56. The van der Waals surface area contributed by atoms with Crippen molar-refractivity contribution in [3.63, 3.8) is 0 Å². The number of hydrogen-bond donors (Lipinski definition) is 0. The average molecular weight is 312 g/mol. The van der Waals surface area contributed by atoms with Crippen LogP contribution in [0.1, 0.15) is 78.6 Å². The molecule has 0 N–H and O–H groups in total. The second-order valence-corrected chi connectivity index (χ2v) is 7.12. The molecule has 0 aliphatic heterocycles. The number of carbonyl (C=O) groups excluding carboxylic acids is 1. The Morgan fingerprint density at radius 3 is 2.00 bits per heavy atom. The Morgan fingerprint density at radius 1 is 0.864 bits per heavy atom. The minimum Gasteiger partial charge on any atom is -0.462 e. The van der Waals surface area contributed by atoms with Crippen molar-refractivity contribution in [3.05, 3.63) is 12.7 Å². The summed E-state index contributed by atoms with van der Waals surface area (Å²) in [4.78, 5) is 10.8. The molecule has 3 heteroatoms. The number of esters is 1. The summed E-state index contributed by atoms with van der Waals surface area (Å²) in [5.41, 5.74) is 0.487. The van der Waals surface area contributed by atoms with E-state index in [1.807, 2.05) is 0 Å². The van der Waals surface area contributed by atoms with Crippen LogP contribution in [0.5, 0.6) is 0 Å². The molecule has 0 saturated heterocycles. The van der Waals surface area contributed by atoms with Gasteiger partial charge in [-0.3, -0.25) is 0 Å². The Bertz CT molecular complexity index is 279. The van der Waals surface area contributed by atoms with Gasteiger partial charge in [0.15, 0.2) is 0 Å². The maximum atomic E-state index is 10.8. The van der Waals surface area contributed by atoms with Crippen molar-refractivity contribution < 1.29 is 14.3 Å². The lowest BCUT2D eigenvalue weighted by Crippen LogP contribution is -2.05. The van der Waals surface area contributed by atoms with Crippen molar-refractivity contribution in [1.82, 2.24) is 0 Å². The monoisotopic (exact) mass is 312 g/mol. The molecule has 0 aromatic carbocycles. The van der Waals surface area contributed by atoms with Crippen LogP contribution in [0.4, 0.5) is 0 Å². The summed E-state index contributed by atoms with van der Waals surface area (Å²) in [6.07, 6.45) is 12.4. The molecule has 0 spiro atoms. The Labute approximate surface area is 137 Å². The minimum absolute atomic E-state index is 0.359. The fourth-order valence-electron chi connectivity index (χ4n) is 2.24. The average Bonchev–Trinajstić information content (AvgIpc) is 2.46. The molecule has 0 aromatic heterocycles. The summed E-state index contributed by atoms with van der Waals surface area (Å²) < 4.78 is 10.4. The van der Waals surface area contributed by atoms with Crippen LogP contribution in [0.15, 0.2) is 12.7 Å². The fraction of sp³-hybridized carbons (Fsp3) is 0.842. The number of unbranched alkanes of at least 4 members (excludes halogenated alkanes) is 6. The molecule has 0 aliphatic carbocycles. The summed E-state index contributed by atoms with van der Waals surface area (Å²) >= 11 is 0. The Hall–Kier alpha value is -0.830. The van der Waals surface area contributed by atoms with Crippen molar-refractivity contribution >= 4 is 5.97 Å². The zero-order valence-electron chi connectivity index (χ0n) is 15.0. The van der Waals surface area contributed by atoms with E-state index in [1.165, 1.54) is 51.0 Å². The Kier molecular flexibility index (Phi) is 13.3. The van der Waals surface area contributed by atoms with Gasteiger partial charge < -0.3 is 9.47 Å². The van der Waals surface area contributed by atoms with E-state index in [1.54, 1.807) is 0 Å². The topological polar surface area (TPSA) is 35.5 Å². The maximum Gasteiger partial charge on any atom is 0.330 e. The Balaban J connectivity index is 3.09. The predicted octanol–water partition coefficient (Wildman–Crippen LogP) is 5.29. The number of rotatable bonds is 14. The molecule has 0 rings (SSSR count). The van der Waals surface area contributed by atoms with Crippen LogP contribution in [-0.2, 0) is 14.3 Å². The van der Waals surface area contributed by atoms with E-state index in [0.717, 1.165) is 19.4 Å². The largest absolute Gasteiger partial charge is 0.462 e. The summed E-state index contributed by atoms with van der Waals surface area (Å²) in [7, 11) is 0. The van der Waals surface area contributed by atoms with Gasteiger partial charge >= 0.3 is 5.97 Å². The fourth-order valence-corrected chi connectivity index (χ4v) is 2.24. The first-order chi connectivity index (χ1) is 10.5. The molecular formula is C19H36O3. The number of hydrogen-bond acceptors (Lipinski definition) is 3. The number of ether oxygens (including phenoxy) is 2. The van der Waals surface area contributed by atoms with Crippen LogP contribution in [0, 0.1) is 5.41 Å². The molecule has 0 amide bonds. The smallest absolute Gasteiger partial charge is 0.330 e. The molecule has 130 valence electrons. The lowest BCUT2D eigenvalue weighted by atomic mass is 9.89. The van der Waals surface area contributed by atoms with Crippen LogP contribution in [0.2, 0.25) is 0 Å². The second-order valence-electron chi connectivity index (χ2n) is 7.12. The van der Waals surface area contributed by atoms with Crippen molar-refractivity contribution in [1.29, 1.82) is 0 Å². The molecule has 3 nitrogen and oxygen atoms in total. The van der Waals surface area contributed by atoms with E-state index in [-0.39, 0.29) is 5.97 Å². The van der Waals surface area contributed by atoms with Gasteiger partial charge in [0.25, 0.3) is 0 Å². The summed E-state index contributed by atoms with van der Waals surface area (Å²) in [5.74, 6) is -0.359. The van der Waals surface area contributed by atoms with Crippen molar-refractivity contribution in [2.45, 2.75) is 78.6 Å². The van der Waals surface area contributed by atoms with Crippen LogP contribution in [0.25, 0.3) is 0 Å². The third kappa shape index (κ3) is 17.2. The summed E-state index contributed by atoms with van der Waals surface area (Å²) in [5, 5.41) is 0. The molecule has 0 radical (unpaired) electrons. The molecule has 0 unspecified atom stereocenters. The molecule has 0 atom stereocenters. The SMILES string of the molecule is C=CC(=O)OCCCOCCCCCCCCCC(C)(C)C. The van der Waals surface area contributed by atoms with Crippen molar-refractivity contribution in [2.75, 3.05) is 19.8 Å². The quantitative estimate of drug-likeness (QED) is 0.248. The molecule has 0 bridgehead atoms. The first-order valence-electron chi connectivity index (χ1n) is 8.82. The van der Waals surface area contributed by atoms with Crippen LogP contribution in [0.3, 0.4) is 0 Å². The van der Waals surface area contributed by atoms with Gasteiger partial charge in [-0.05, 0) is 18.3 Å². The van der Waals surface area contributed by atoms with Crippen LogP contribution < -0.4 is 0 Å². The van der Waals surface area contributed by atoms with Gasteiger partial charge in [-0.2, -0.15) is 0 Å². The van der Waals surface area contributed by atoms with Gasteiger partial charge in [0, 0.05) is 25.7 Å². The Morgan fingerprint density at radius 2 is 1.41 bits per heavy atom. The first-order valence-corrected chi connectivity index (χ1v) is 8.82. The normalized spacial score (nSPS) is 11.4. The minimum atomic E-state index is -0.359. The van der Waals surface area contributed by atoms with Gasteiger partial charge in [-0.25, -0.2) is 4.79 Å². The standard InChI is InChI=1S/C19H36O3/c1-5-18(20)22-17-13-16-21-15-12-10-8-6-7-9-11-14-19(2,3)4/h5H,1,6-17H2,2-4H3. The maximum absolute atomic E-state index is 10.8.